The van der Waals surface area contributed by atoms with Gasteiger partial charge in [0.25, 0.3) is 0 Å². The van der Waals surface area contributed by atoms with E-state index in [1.54, 1.807) is 6.20 Å². The van der Waals surface area contributed by atoms with Crippen molar-refractivity contribution < 1.29 is 9.90 Å². The lowest BCUT2D eigenvalue weighted by molar-refractivity contribution is -0.140. The van der Waals surface area contributed by atoms with Crippen LogP contribution in [0.4, 0.5) is 5.95 Å². The Bertz CT molecular complexity index is 348. The zero-order valence-corrected chi connectivity index (χ0v) is 8.05. The van der Waals surface area contributed by atoms with Crippen LogP contribution < -0.4 is 4.90 Å². The highest BCUT2D eigenvalue weighted by molar-refractivity contribution is 5.71. The van der Waals surface area contributed by atoms with Gasteiger partial charge in [0.15, 0.2) is 0 Å². The molecular formula is C9H13N3O2. The van der Waals surface area contributed by atoms with Gasteiger partial charge in [0.1, 0.15) is 0 Å². The summed E-state index contributed by atoms with van der Waals surface area (Å²) < 4.78 is 1.91. The standard InChI is InChI=1S/C9H13N3O2/c1-11-5-3-10-9(11)12-4-2-7(6-12)8(13)14/h3,5,7H,2,4,6H2,1H3,(H,13,14)/t7-/m0/s1. The first-order valence-corrected chi connectivity index (χ1v) is 4.63. The molecule has 0 saturated carbocycles. The summed E-state index contributed by atoms with van der Waals surface area (Å²) in [5.41, 5.74) is 0. The summed E-state index contributed by atoms with van der Waals surface area (Å²) in [6.45, 7) is 1.35. The molecule has 0 aromatic carbocycles. The number of carboxylic acids is 1. The molecule has 76 valence electrons. The number of hydrogen-bond acceptors (Lipinski definition) is 3. The van der Waals surface area contributed by atoms with Gasteiger partial charge < -0.3 is 14.6 Å². The first-order valence-electron chi connectivity index (χ1n) is 4.63. The van der Waals surface area contributed by atoms with Crippen molar-refractivity contribution in [3.63, 3.8) is 0 Å². The Balaban J connectivity index is 2.10. The highest BCUT2D eigenvalue weighted by Gasteiger charge is 2.29. The maximum atomic E-state index is 10.7. The largest absolute Gasteiger partial charge is 0.481 e. The molecule has 0 aliphatic carbocycles. The molecule has 5 heteroatoms. The predicted octanol–water partition coefficient (Wildman–Crippen LogP) is 0.331. The highest BCUT2D eigenvalue weighted by Crippen LogP contribution is 2.21. The predicted molar refractivity (Wildman–Crippen MR) is 51.2 cm³/mol. The smallest absolute Gasteiger partial charge is 0.308 e. The van der Waals surface area contributed by atoms with Crippen molar-refractivity contribution in [2.24, 2.45) is 13.0 Å². The Morgan fingerprint density at radius 2 is 2.50 bits per heavy atom. The quantitative estimate of drug-likeness (QED) is 0.738. The number of aryl methyl sites for hydroxylation is 1. The molecule has 1 fully saturated rings. The third-order valence-electron chi connectivity index (χ3n) is 2.62. The number of rotatable bonds is 2. The third kappa shape index (κ3) is 1.45. The van der Waals surface area contributed by atoms with E-state index in [4.69, 9.17) is 5.11 Å². The van der Waals surface area contributed by atoms with Gasteiger partial charge in [0.2, 0.25) is 5.95 Å². The fourth-order valence-corrected chi connectivity index (χ4v) is 1.81. The van der Waals surface area contributed by atoms with Gasteiger partial charge in [-0.3, -0.25) is 4.79 Å². The van der Waals surface area contributed by atoms with Crippen LogP contribution in [0.15, 0.2) is 12.4 Å². The van der Waals surface area contributed by atoms with Crippen LogP contribution in [-0.2, 0) is 11.8 Å². The van der Waals surface area contributed by atoms with Crippen molar-refractivity contribution >= 4 is 11.9 Å². The van der Waals surface area contributed by atoms with Crippen LogP contribution in [0.5, 0.6) is 0 Å². The number of aromatic nitrogens is 2. The summed E-state index contributed by atoms with van der Waals surface area (Å²) in [6, 6.07) is 0. The van der Waals surface area contributed by atoms with Crippen molar-refractivity contribution in [2.75, 3.05) is 18.0 Å². The van der Waals surface area contributed by atoms with E-state index in [1.165, 1.54) is 0 Å². The number of carbonyl (C=O) groups is 1. The molecule has 1 N–H and O–H groups in total. The third-order valence-corrected chi connectivity index (χ3v) is 2.62. The average Bonchev–Trinajstić information content (AvgIpc) is 2.71. The molecule has 1 atom stereocenters. The van der Waals surface area contributed by atoms with Crippen LogP contribution in [0, 0.1) is 5.92 Å². The molecular weight excluding hydrogens is 182 g/mol. The monoisotopic (exact) mass is 195 g/mol. The Morgan fingerprint density at radius 3 is 3.00 bits per heavy atom. The number of carboxylic acid groups (broad SMARTS) is 1. The van der Waals surface area contributed by atoms with Crippen LogP contribution in [0.3, 0.4) is 0 Å². The molecule has 1 aliphatic heterocycles. The molecule has 1 aromatic heterocycles. The molecule has 14 heavy (non-hydrogen) atoms. The normalized spacial score (nSPS) is 21.5. The molecule has 0 radical (unpaired) electrons. The molecule has 5 nitrogen and oxygen atoms in total. The SMILES string of the molecule is Cn1ccnc1N1CC[C@H](C(=O)O)C1. The van der Waals surface area contributed by atoms with E-state index < -0.39 is 5.97 Å². The van der Waals surface area contributed by atoms with E-state index in [1.807, 2.05) is 22.7 Å². The molecule has 0 unspecified atom stereocenters. The molecule has 0 amide bonds. The highest BCUT2D eigenvalue weighted by atomic mass is 16.4. The summed E-state index contributed by atoms with van der Waals surface area (Å²) in [4.78, 5) is 16.9. The van der Waals surface area contributed by atoms with Crippen LogP contribution >= 0.6 is 0 Å². The Morgan fingerprint density at radius 1 is 1.71 bits per heavy atom. The number of aliphatic carboxylic acids is 1. The molecule has 0 bridgehead atoms. The fraction of sp³-hybridized carbons (Fsp3) is 0.556. The summed E-state index contributed by atoms with van der Waals surface area (Å²) in [7, 11) is 1.91. The maximum Gasteiger partial charge on any atom is 0.308 e. The van der Waals surface area contributed by atoms with Gasteiger partial charge in [-0.05, 0) is 6.42 Å². The summed E-state index contributed by atoms with van der Waals surface area (Å²) in [5.74, 6) is -0.0952. The van der Waals surface area contributed by atoms with Crippen molar-refractivity contribution in [1.29, 1.82) is 0 Å². The van der Waals surface area contributed by atoms with Crippen LogP contribution in [0.25, 0.3) is 0 Å². The average molecular weight is 195 g/mol. The van der Waals surface area contributed by atoms with Crippen LogP contribution in [0.2, 0.25) is 0 Å². The van der Waals surface area contributed by atoms with E-state index >= 15 is 0 Å². The number of hydrogen-bond donors (Lipinski definition) is 1. The second-order valence-corrected chi connectivity index (χ2v) is 3.61. The lowest BCUT2D eigenvalue weighted by Crippen LogP contribution is -2.24. The molecule has 2 heterocycles. The summed E-state index contributed by atoms with van der Waals surface area (Å²) in [6.07, 6.45) is 4.30. The van der Waals surface area contributed by atoms with Gasteiger partial charge in [-0.25, -0.2) is 4.98 Å². The van der Waals surface area contributed by atoms with Crippen LogP contribution in [-0.4, -0.2) is 33.7 Å². The number of anilines is 1. The van der Waals surface area contributed by atoms with Gasteiger partial charge in [-0.2, -0.15) is 0 Å². The number of imidazole rings is 1. The van der Waals surface area contributed by atoms with E-state index in [0.717, 1.165) is 12.5 Å². The minimum atomic E-state index is -0.707. The Labute approximate surface area is 82.0 Å². The van der Waals surface area contributed by atoms with E-state index in [2.05, 4.69) is 4.98 Å². The first-order chi connectivity index (χ1) is 6.68. The van der Waals surface area contributed by atoms with Gasteiger partial charge >= 0.3 is 5.97 Å². The van der Waals surface area contributed by atoms with E-state index in [9.17, 15) is 4.79 Å². The lowest BCUT2D eigenvalue weighted by atomic mass is 10.1. The molecule has 0 spiro atoms. The van der Waals surface area contributed by atoms with Gasteiger partial charge in [-0.15, -0.1) is 0 Å². The fourth-order valence-electron chi connectivity index (χ4n) is 1.81. The zero-order chi connectivity index (χ0) is 10.1. The van der Waals surface area contributed by atoms with Crippen molar-refractivity contribution in [2.45, 2.75) is 6.42 Å². The van der Waals surface area contributed by atoms with E-state index in [0.29, 0.717) is 13.0 Å². The minimum absolute atomic E-state index is 0.244. The Kier molecular flexibility index (Phi) is 2.15. The van der Waals surface area contributed by atoms with E-state index in [-0.39, 0.29) is 5.92 Å². The summed E-state index contributed by atoms with van der Waals surface area (Å²) in [5, 5.41) is 8.84. The van der Waals surface area contributed by atoms with Gasteiger partial charge in [0.05, 0.1) is 5.92 Å². The van der Waals surface area contributed by atoms with Crippen molar-refractivity contribution in [3.05, 3.63) is 12.4 Å². The maximum absolute atomic E-state index is 10.7. The lowest BCUT2D eigenvalue weighted by Gasteiger charge is -2.16. The topological polar surface area (TPSA) is 58.4 Å². The molecule has 1 saturated heterocycles. The number of nitrogens with zero attached hydrogens (tertiary/aromatic N) is 3. The first kappa shape index (κ1) is 9.05. The molecule has 1 aromatic rings. The Hall–Kier alpha value is -1.52. The molecule has 1 aliphatic rings. The van der Waals surface area contributed by atoms with Crippen LogP contribution in [0.1, 0.15) is 6.42 Å². The minimum Gasteiger partial charge on any atom is -0.481 e. The summed E-state index contributed by atoms with van der Waals surface area (Å²) >= 11 is 0. The van der Waals surface area contributed by atoms with Gasteiger partial charge in [0, 0.05) is 32.5 Å². The van der Waals surface area contributed by atoms with Crippen molar-refractivity contribution in [3.8, 4) is 0 Å². The van der Waals surface area contributed by atoms with Gasteiger partial charge in [-0.1, -0.05) is 0 Å². The second-order valence-electron chi connectivity index (χ2n) is 3.61. The molecule has 2 rings (SSSR count). The zero-order valence-electron chi connectivity index (χ0n) is 8.05. The van der Waals surface area contributed by atoms with Crippen molar-refractivity contribution in [1.82, 2.24) is 9.55 Å². The second kappa shape index (κ2) is 3.32.